The van der Waals surface area contributed by atoms with Crippen LogP contribution in [0, 0.1) is 5.92 Å². The van der Waals surface area contributed by atoms with Gasteiger partial charge in [0.1, 0.15) is 0 Å². The molecule has 0 spiro atoms. The molecule has 0 radical (unpaired) electrons. The molecule has 1 aliphatic heterocycles. The van der Waals surface area contributed by atoms with Crippen LogP contribution in [0.2, 0.25) is 0 Å². The molecule has 0 aliphatic carbocycles. The maximum Gasteiger partial charge on any atom is 0.225 e. The Hall–Kier alpha value is -0.570. The average Bonchev–Trinajstić information content (AvgIpc) is 2.68. The van der Waals surface area contributed by atoms with Crippen LogP contribution in [0.4, 0.5) is 0 Å². The van der Waals surface area contributed by atoms with Gasteiger partial charge in [0.05, 0.1) is 0 Å². The van der Waals surface area contributed by atoms with Crippen molar-refractivity contribution in [2.75, 3.05) is 0 Å². The first-order chi connectivity index (χ1) is 8.47. The van der Waals surface area contributed by atoms with Gasteiger partial charge in [-0.25, -0.2) is 0 Å². The summed E-state index contributed by atoms with van der Waals surface area (Å²) < 4.78 is 0. The summed E-state index contributed by atoms with van der Waals surface area (Å²) in [6.07, 6.45) is 6.48. The monoisotopic (exact) mass is 254 g/mol. The van der Waals surface area contributed by atoms with Crippen molar-refractivity contribution in [3.63, 3.8) is 0 Å². The van der Waals surface area contributed by atoms with E-state index in [1.54, 1.807) is 0 Å². The van der Waals surface area contributed by atoms with Crippen molar-refractivity contribution < 1.29 is 4.79 Å². The molecule has 1 fully saturated rings. The number of nitrogens with two attached hydrogens (primary N) is 1. The summed E-state index contributed by atoms with van der Waals surface area (Å²) >= 11 is 0. The topological polar surface area (TPSA) is 46.3 Å². The molecule has 0 aromatic carbocycles. The first kappa shape index (κ1) is 15.5. The molecule has 1 heterocycles. The van der Waals surface area contributed by atoms with E-state index < -0.39 is 0 Å². The largest absolute Gasteiger partial charge is 0.337 e. The lowest BCUT2D eigenvalue weighted by atomic mass is 10.00. The molecule has 1 amide bonds. The van der Waals surface area contributed by atoms with Crippen LogP contribution in [0.1, 0.15) is 66.2 Å². The Kier molecular flexibility index (Phi) is 6.13. The molecular weight excluding hydrogens is 224 g/mol. The van der Waals surface area contributed by atoms with E-state index in [2.05, 4.69) is 25.7 Å². The van der Waals surface area contributed by atoms with Gasteiger partial charge in [-0.05, 0) is 46.0 Å². The Balaban J connectivity index is 2.46. The van der Waals surface area contributed by atoms with Crippen LogP contribution in [-0.2, 0) is 4.79 Å². The van der Waals surface area contributed by atoms with Gasteiger partial charge in [-0.1, -0.05) is 20.3 Å². The zero-order chi connectivity index (χ0) is 13.7. The van der Waals surface area contributed by atoms with E-state index in [1.807, 2.05) is 6.92 Å². The molecule has 4 atom stereocenters. The SMILES string of the molecule is CCC1CCC(C)N1C(=O)C(C)CCCC(C)N. The minimum absolute atomic E-state index is 0.151. The summed E-state index contributed by atoms with van der Waals surface area (Å²) in [5, 5.41) is 0. The molecule has 18 heavy (non-hydrogen) atoms. The molecule has 1 rings (SSSR count). The molecule has 3 heteroatoms. The lowest BCUT2D eigenvalue weighted by Gasteiger charge is -2.30. The standard InChI is InChI=1S/C15H30N2O/c1-5-14-10-9-13(4)17(14)15(18)11(2)7-6-8-12(3)16/h11-14H,5-10,16H2,1-4H3. The van der Waals surface area contributed by atoms with Gasteiger partial charge in [0.15, 0.2) is 0 Å². The van der Waals surface area contributed by atoms with Gasteiger partial charge in [0.2, 0.25) is 5.91 Å². The second-order valence-electron chi connectivity index (χ2n) is 6.04. The third kappa shape index (κ3) is 3.98. The smallest absolute Gasteiger partial charge is 0.225 e. The minimum Gasteiger partial charge on any atom is -0.337 e. The number of rotatable bonds is 6. The van der Waals surface area contributed by atoms with E-state index in [0.29, 0.717) is 18.0 Å². The van der Waals surface area contributed by atoms with Gasteiger partial charge >= 0.3 is 0 Å². The Bertz CT molecular complexity index is 265. The minimum atomic E-state index is 0.151. The zero-order valence-electron chi connectivity index (χ0n) is 12.5. The maximum atomic E-state index is 12.5. The summed E-state index contributed by atoms with van der Waals surface area (Å²) in [7, 11) is 0. The van der Waals surface area contributed by atoms with E-state index in [-0.39, 0.29) is 12.0 Å². The van der Waals surface area contributed by atoms with E-state index in [9.17, 15) is 4.79 Å². The predicted octanol–water partition coefficient (Wildman–Crippen LogP) is 2.93. The molecule has 0 aromatic heterocycles. The lowest BCUT2D eigenvalue weighted by molar-refractivity contribution is -0.138. The number of likely N-dealkylation sites (tertiary alicyclic amines) is 1. The van der Waals surface area contributed by atoms with Crippen molar-refractivity contribution in [3.05, 3.63) is 0 Å². The summed E-state index contributed by atoms with van der Waals surface area (Å²) in [4.78, 5) is 14.6. The van der Waals surface area contributed by atoms with Crippen molar-refractivity contribution in [2.24, 2.45) is 11.7 Å². The van der Waals surface area contributed by atoms with Gasteiger partial charge in [-0.2, -0.15) is 0 Å². The number of amides is 1. The molecule has 0 bridgehead atoms. The maximum absolute atomic E-state index is 12.5. The van der Waals surface area contributed by atoms with E-state index in [4.69, 9.17) is 5.73 Å². The Morgan fingerprint density at radius 1 is 1.33 bits per heavy atom. The summed E-state index contributed by atoms with van der Waals surface area (Å²) in [6.45, 7) is 8.47. The van der Waals surface area contributed by atoms with Crippen LogP contribution < -0.4 is 5.73 Å². The van der Waals surface area contributed by atoms with Crippen molar-refractivity contribution in [1.29, 1.82) is 0 Å². The van der Waals surface area contributed by atoms with Crippen LogP contribution in [0.3, 0.4) is 0 Å². The highest BCUT2D eigenvalue weighted by Crippen LogP contribution is 2.28. The van der Waals surface area contributed by atoms with Crippen LogP contribution in [0.25, 0.3) is 0 Å². The number of carbonyl (C=O) groups is 1. The number of carbonyl (C=O) groups excluding carboxylic acids is 1. The summed E-state index contributed by atoms with van der Waals surface area (Å²) in [6, 6.07) is 1.16. The van der Waals surface area contributed by atoms with Crippen molar-refractivity contribution in [2.45, 2.75) is 84.3 Å². The number of hydrogen-bond donors (Lipinski definition) is 1. The summed E-state index contributed by atoms with van der Waals surface area (Å²) in [5.74, 6) is 0.509. The first-order valence-electron chi connectivity index (χ1n) is 7.55. The average molecular weight is 254 g/mol. The fraction of sp³-hybridized carbons (Fsp3) is 0.933. The third-order valence-corrected chi connectivity index (χ3v) is 4.23. The Labute approximate surface area is 112 Å². The fourth-order valence-electron chi connectivity index (χ4n) is 2.99. The number of nitrogens with zero attached hydrogens (tertiary/aromatic N) is 1. The third-order valence-electron chi connectivity index (χ3n) is 4.23. The van der Waals surface area contributed by atoms with Crippen LogP contribution >= 0.6 is 0 Å². The Morgan fingerprint density at radius 2 is 2.00 bits per heavy atom. The zero-order valence-corrected chi connectivity index (χ0v) is 12.5. The molecule has 1 saturated heterocycles. The quantitative estimate of drug-likeness (QED) is 0.792. The normalized spacial score (nSPS) is 27.3. The fourth-order valence-corrected chi connectivity index (χ4v) is 2.99. The highest BCUT2D eigenvalue weighted by atomic mass is 16.2. The van der Waals surface area contributed by atoms with Crippen molar-refractivity contribution in [3.8, 4) is 0 Å². The van der Waals surface area contributed by atoms with E-state index in [1.165, 1.54) is 6.42 Å². The van der Waals surface area contributed by atoms with E-state index in [0.717, 1.165) is 32.1 Å². The van der Waals surface area contributed by atoms with Crippen molar-refractivity contribution in [1.82, 2.24) is 4.90 Å². The number of hydrogen-bond acceptors (Lipinski definition) is 2. The summed E-state index contributed by atoms with van der Waals surface area (Å²) in [5.41, 5.74) is 5.75. The molecule has 4 unspecified atom stereocenters. The van der Waals surface area contributed by atoms with Crippen LogP contribution in [0.5, 0.6) is 0 Å². The van der Waals surface area contributed by atoms with Gasteiger partial charge in [0.25, 0.3) is 0 Å². The highest BCUT2D eigenvalue weighted by molar-refractivity contribution is 5.79. The van der Waals surface area contributed by atoms with Gasteiger partial charge in [-0.3, -0.25) is 4.79 Å². The second kappa shape index (κ2) is 7.13. The van der Waals surface area contributed by atoms with Crippen molar-refractivity contribution >= 4 is 5.91 Å². The molecule has 1 aliphatic rings. The molecule has 0 saturated carbocycles. The van der Waals surface area contributed by atoms with Gasteiger partial charge < -0.3 is 10.6 Å². The lowest BCUT2D eigenvalue weighted by Crippen LogP contribution is -2.42. The van der Waals surface area contributed by atoms with E-state index >= 15 is 0 Å². The second-order valence-corrected chi connectivity index (χ2v) is 6.04. The predicted molar refractivity (Wildman–Crippen MR) is 76.3 cm³/mol. The molecule has 0 aromatic rings. The molecule has 106 valence electrons. The van der Waals surface area contributed by atoms with Gasteiger partial charge in [-0.15, -0.1) is 0 Å². The highest BCUT2D eigenvalue weighted by Gasteiger charge is 2.34. The van der Waals surface area contributed by atoms with Crippen LogP contribution in [0.15, 0.2) is 0 Å². The van der Waals surface area contributed by atoms with Gasteiger partial charge in [0, 0.05) is 24.0 Å². The first-order valence-corrected chi connectivity index (χ1v) is 7.55. The van der Waals surface area contributed by atoms with Crippen LogP contribution in [-0.4, -0.2) is 28.9 Å². The molecule has 2 N–H and O–H groups in total. The molecule has 3 nitrogen and oxygen atoms in total. The Morgan fingerprint density at radius 3 is 2.56 bits per heavy atom. The molecular formula is C15H30N2O.